The van der Waals surface area contributed by atoms with Gasteiger partial charge in [0, 0.05) is 5.75 Å². The predicted molar refractivity (Wildman–Crippen MR) is 95.3 cm³/mol. The molecule has 2 rings (SSSR count). The van der Waals surface area contributed by atoms with Gasteiger partial charge in [0.2, 0.25) is 0 Å². The fourth-order valence-corrected chi connectivity index (χ4v) is 3.25. The summed E-state index contributed by atoms with van der Waals surface area (Å²) in [5.74, 6) is 2.11. The van der Waals surface area contributed by atoms with Crippen LogP contribution in [0.5, 0.6) is 11.5 Å². The number of rotatable bonds is 9. The van der Waals surface area contributed by atoms with Crippen LogP contribution in [0.3, 0.4) is 0 Å². The second-order valence-electron chi connectivity index (χ2n) is 5.77. The third kappa shape index (κ3) is 5.98. The van der Waals surface area contributed by atoms with Crippen molar-refractivity contribution < 1.29 is 18.2 Å². The standard InChI is InChI=1S/C19H24O4S/c1-22-18-7-3-15(4-8-18)13-17(11-12-24(20)21)14-16-5-9-19(23-2)10-6-16/h3-10,17H,11-14H2,1-2H3,(H,20,21)/p-1. The van der Waals surface area contributed by atoms with Gasteiger partial charge in [0.15, 0.2) is 0 Å². The van der Waals surface area contributed by atoms with E-state index >= 15 is 0 Å². The fourth-order valence-electron chi connectivity index (χ4n) is 2.73. The summed E-state index contributed by atoms with van der Waals surface area (Å²) in [6.45, 7) is 0. The normalized spacial score (nSPS) is 12.2. The molecule has 0 aliphatic carbocycles. The number of methoxy groups -OCH3 is 2. The van der Waals surface area contributed by atoms with Crippen LogP contribution in [-0.2, 0) is 23.9 Å². The SMILES string of the molecule is COc1ccc(CC(CCS(=O)[O-])Cc2ccc(OC)cc2)cc1. The Labute approximate surface area is 146 Å². The number of ether oxygens (including phenoxy) is 2. The smallest absolute Gasteiger partial charge is 0.118 e. The zero-order valence-electron chi connectivity index (χ0n) is 14.1. The Hall–Kier alpha value is -1.85. The van der Waals surface area contributed by atoms with E-state index in [9.17, 15) is 8.76 Å². The lowest BCUT2D eigenvalue weighted by molar-refractivity contribution is 0.414. The summed E-state index contributed by atoms with van der Waals surface area (Å²) in [7, 11) is 3.29. The topological polar surface area (TPSA) is 58.6 Å². The molecule has 0 aromatic heterocycles. The number of hydrogen-bond donors (Lipinski definition) is 0. The van der Waals surface area contributed by atoms with Crippen LogP contribution in [0.25, 0.3) is 0 Å². The lowest BCUT2D eigenvalue weighted by Gasteiger charge is -2.18. The molecule has 0 spiro atoms. The monoisotopic (exact) mass is 347 g/mol. The maximum absolute atomic E-state index is 10.9. The Kier molecular flexibility index (Phi) is 7.28. The van der Waals surface area contributed by atoms with Crippen LogP contribution in [-0.4, -0.2) is 28.7 Å². The van der Waals surface area contributed by atoms with E-state index in [4.69, 9.17) is 9.47 Å². The minimum atomic E-state index is -2.00. The van der Waals surface area contributed by atoms with E-state index in [0.29, 0.717) is 6.42 Å². The molecule has 0 saturated carbocycles. The van der Waals surface area contributed by atoms with Gasteiger partial charge in [-0.1, -0.05) is 35.3 Å². The van der Waals surface area contributed by atoms with Gasteiger partial charge in [-0.3, -0.25) is 4.21 Å². The first kappa shape index (κ1) is 18.5. The van der Waals surface area contributed by atoms with Crippen molar-refractivity contribution in [3.05, 3.63) is 59.7 Å². The van der Waals surface area contributed by atoms with E-state index in [0.717, 1.165) is 24.3 Å². The molecule has 1 atom stereocenters. The maximum atomic E-state index is 10.9. The molecule has 5 heteroatoms. The summed E-state index contributed by atoms with van der Waals surface area (Å²) >= 11 is -2.00. The van der Waals surface area contributed by atoms with Gasteiger partial charge in [-0.15, -0.1) is 0 Å². The molecular weight excluding hydrogens is 324 g/mol. The quantitative estimate of drug-likeness (QED) is 0.653. The van der Waals surface area contributed by atoms with Crippen molar-refractivity contribution in [3.8, 4) is 11.5 Å². The van der Waals surface area contributed by atoms with Crippen LogP contribution in [0.4, 0.5) is 0 Å². The van der Waals surface area contributed by atoms with E-state index in [-0.39, 0.29) is 11.7 Å². The first-order chi connectivity index (χ1) is 11.6. The minimum absolute atomic E-state index is 0.191. The highest BCUT2D eigenvalue weighted by molar-refractivity contribution is 7.79. The van der Waals surface area contributed by atoms with Crippen LogP contribution >= 0.6 is 0 Å². The van der Waals surface area contributed by atoms with E-state index in [2.05, 4.69) is 0 Å². The first-order valence-electron chi connectivity index (χ1n) is 7.92. The predicted octanol–water partition coefficient (Wildman–Crippen LogP) is 3.37. The highest BCUT2D eigenvalue weighted by Crippen LogP contribution is 2.22. The summed E-state index contributed by atoms with van der Waals surface area (Å²) < 4.78 is 32.2. The Morgan fingerprint density at radius 1 is 0.875 bits per heavy atom. The molecule has 2 aromatic rings. The molecule has 130 valence electrons. The Balaban J connectivity index is 2.05. The average molecular weight is 347 g/mol. The van der Waals surface area contributed by atoms with E-state index in [1.807, 2.05) is 48.5 Å². The molecule has 24 heavy (non-hydrogen) atoms. The summed E-state index contributed by atoms with van der Waals surface area (Å²) in [4.78, 5) is 0. The van der Waals surface area contributed by atoms with Crippen molar-refractivity contribution >= 4 is 11.1 Å². The summed E-state index contributed by atoms with van der Waals surface area (Å²) in [5.41, 5.74) is 2.37. The second-order valence-corrected chi connectivity index (χ2v) is 6.78. The summed E-state index contributed by atoms with van der Waals surface area (Å²) in [5, 5.41) is 0. The van der Waals surface area contributed by atoms with Crippen molar-refractivity contribution in [3.63, 3.8) is 0 Å². The lowest BCUT2D eigenvalue weighted by atomic mass is 9.90. The average Bonchev–Trinajstić information content (AvgIpc) is 2.61. The van der Waals surface area contributed by atoms with Gasteiger partial charge in [0.05, 0.1) is 14.2 Å². The molecule has 0 radical (unpaired) electrons. The van der Waals surface area contributed by atoms with Gasteiger partial charge in [0.25, 0.3) is 0 Å². The van der Waals surface area contributed by atoms with Crippen LogP contribution in [0.15, 0.2) is 48.5 Å². The van der Waals surface area contributed by atoms with Gasteiger partial charge in [0.1, 0.15) is 11.5 Å². The molecule has 0 saturated heterocycles. The molecule has 0 heterocycles. The van der Waals surface area contributed by atoms with Crippen molar-refractivity contribution in [2.24, 2.45) is 5.92 Å². The van der Waals surface area contributed by atoms with Crippen molar-refractivity contribution in [1.82, 2.24) is 0 Å². The van der Waals surface area contributed by atoms with Crippen LogP contribution in [0.2, 0.25) is 0 Å². The number of hydrogen-bond acceptors (Lipinski definition) is 4. The molecule has 2 aromatic carbocycles. The minimum Gasteiger partial charge on any atom is -0.772 e. The van der Waals surface area contributed by atoms with E-state index < -0.39 is 11.1 Å². The van der Waals surface area contributed by atoms with E-state index in [1.165, 1.54) is 11.1 Å². The third-order valence-corrected chi connectivity index (χ3v) is 4.63. The Morgan fingerprint density at radius 2 is 1.29 bits per heavy atom. The van der Waals surface area contributed by atoms with Gasteiger partial charge >= 0.3 is 0 Å². The molecule has 0 aliphatic heterocycles. The van der Waals surface area contributed by atoms with Gasteiger partial charge in [-0.2, -0.15) is 0 Å². The van der Waals surface area contributed by atoms with Crippen LogP contribution in [0, 0.1) is 5.92 Å². The van der Waals surface area contributed by atoms with Gasteiger partial charge in [-0.25, -0.2) is 0 Å². The number of benzene rings is 2. The van der Waals surface area contributed by atoms with Crippen molar-refractivity contribution in [2.75, 3.05) is 20.0 Å². The molecule has 1 unspecified atom stereocenters. The Bertz CT molecular complexity index is 588. The van der Waals surface area contributed by atoms with Crippen LogP contribution < -0.4 is 9.47 Å². The van der Waals surface area contributed by atoms with Crippen molar-refractivity contribution in [1.29, 1.82) is 0 Å². The second kappa shape index (κ2) is 9.45. The third-order valence-electron chi connectivity index (χ3n) is 4.06. The molecule has 0 amide bonds. The highest BCUT2D eigenvalue weighted by Gasteiger charge is 2.12. The summed E-state index contributed by atoms with van der Waals surface area (Å²) in [6, 6.07) is 15.9. The molecule has 0 aliphatic rings. The van der Waals surface area contributed by atoms with Crippen LogP contribution in [0.1, 0.15) is 17.5 Å². The molecule has 0 bridgehead atoms. The molecular formula is C19H23O4S-. The first-order valence-corrected chi connectivity index (χ1v) is 9.17. The zero-order valence-corrected chi connectivity index (χ0v) is 14.9. The lowest BCUT2D eigenvalue weighted by Crippen LogP contribution is -2.12. The van der Waals surface area contributed by atoms with Gasteiger partial charge in [-0.05, 0) is 60.6 Å². The molecule has 0 N–H and O–H groups in total. The zero-order chi connectivity index (χ0) is 17.4. The maximum Gasteiger partial charge on any atom is 0.118 e. The van der Waals surface area contributed by atoms with Gasteiger partial charge < -0.3 is 14.0 Å². The van der Waals surface area contributed by atoms with Crippen molar-refractivity contribution in [2.45, 2.75) is 19.3 Å². The fraction of sp³-hybridized carbons (Fsp3) is 0.368. The Morgan fingerprint density at radius 3 is 1.62 bits per heavy atom. The largest absolute Gasteiger partial charge is 0.772 e. The van der Waals surface area contributed by atoms with E-state index in [1.54, 1.807) is 14.2 Å². The molecule has 4 nitrogen and oxygen atoms in total. The summed E-state index contributed by atoms with van der Waals surface area (Å²) in [6.07, 6.45) is 2.33. The highest BCUT2D eigenvalue weighted by atomic mass is 32.2. The molecule has 0 fully saturated rings.